The highest BCUT2D eigenvalue weighted by molar-refractivity contribution is 8.01. The lowest BCUT2D eigenvalue weighted by molar-refractivity contribution is -0.385. The number of hydrogen-bond acceptors (Lipinski definition) is 5. The zero-order chi connectivity index (χ0) is 22.3. The first-order valence-corrected chi connectivity index (χ1v) is 9.85. The second-order valence-electron chi connectivity index (χ2n) is 6.75. The highest BCUT2D eigenvalue weighted by Crippen LogP contribution is 2.49. The molecule has 158 valence electrons. The number of carbonyl (C=O) groups is 1. The van der Waals surface area contributed by atoms with Gasteiger partial charge in [-0.15, -0.1) is 0 Å². The Labute approximate surface area is 178 Å². The summed E-state index contributed by atoms with van der Waals surface area (Å²) in [6, 6.07) is 15.7. The predicted molar refractivity (Wildman–Crippen MR) is 111 cm³/mol. The monoisotopic (exact) mass is 445 g/mol. The van der Waals surface area contributed by atoms with Crippen LogP contribution < -0.4 is 10.6 Å². The number of fused-ring (bicyclic) bond motifs is 1. The number of alkyl halides is 3. The fourth-order valence-electron chi connectivity index (χ4n) is 3.47. The van der Waals surface area contributed by atoms with Crippen molar-refractivity contribution in [3.63, 3.8) is 0 Å². The van der Waals surface area contributed by atoms with E-state index in [0.29, 0.717) is 21.8 Å². The summed E-state index contributed by atoms with van der Waals surface area (Å²) in [4.78, 5) is 24.7. The summed E-state index contributed by atoms with van der Waals surface area (Å²) in [5.74, 6) is -0.676. The third-order valence-electron chi connectivity index (χ3n) is 4.80. The first-order chi connectivity index (χ1) is 14.7. The van der Waals surface area contributed by atoms with Crippen molar-refractivity contribution in [1.82, 2.24) is 0 Å². The number of primary amides is 1. The smallest absolute Gasteiger partial charge is 0.367 e. The number of amides is 1. The molecule has 0 saturated heterocycles. The van der Waals surface area contributed by atoms with Crippen LogP contribution in [-0.4, -0.2) is 16.2 Å². The molecule has 6 nitrogen and oxygen atoms in total. The largest absolute Gasteiger partial charge is 0.417 e. The summed E-state index contributed by atoms with van der Waals surface area (Å²) in [6.07, 6.45) is -4.53. The van der Waals surface area contributed by atoms with Crippen molar-refractivity contribution >= 4 is 34.7 Å². The molecule has 0 bridgehead atoms. The molecule has 3 aromatic carbocycles. The minimum atomic E-state index is -4.53. The van der Waals surface area contributed by atoms with Gasteiger partial charge in [0.25, 0.3) is 11.6 Å². The van der Waals surface area contributed by atoms with Crippen LogP contribution in [0.1, 0.15) is 5.56 Å². The molecule has 0 spiro atoms. The van der Waals surface area contributed by atoms with E-state index in [1.807, 2.05) is 0 Å². The zero-order valence-corrected chi connectivity index (χ0v) is 16.5. The van der Waals surface area contributed by atoms with Crippen LogP contribution in [0, 0.1) is 10.1 Å². The molecular weight excluding hydrogens is 431 g/mol. The van der Waals surface area contributed by atoms with E-state index < -0.39 is 27.9 Å². The predicted octanol–water partition coefficient (Wildman–Crippen LogP) is 5.34. The molecule has 31 heavy (non-hydrogen) atoms. The summed E-state index contributed by atoms with van der Waals surface area (Å²) in [5.41, 5.74) is 5.92. The van der Waals surface area contributed by atoms with Crippen LogP contribution in [-0.2, 0) is 11.0 Å². The number of nitrogens with two attached hydrogens (primary N) is 1. The van der Waals surface area contributed by atoms with Crippen molar-refractivity contribution in [2.45, 2.75) is 16.4 Å². The summed E-state index contributed by atoms with van der Waals surface area (Å²) < 4.78 is 40.4. The number of nitrogens with zero attached hydrogens (tertiary/aromatic N) is 2. The summed E-state index contributed by atoms with van der Waals surface area (Å²) in [5, 5.41) is 10.2. The third kappa shape index (κ3) is 3.81. The Morgan fingerprint density at radius 2 is 1.81 bits per heavy atom. The van der Waals surface area contributed by atoms with Crippen LogP contribution in [0.15, 0.2) is 71.6 Å². The van der Waals surface area contributed by atoms with Crippen LogP contribution in [0.25, 0.3) is 11.1 Å². The quantitative estimate of drug-likeness (QED) is 0.433. The fraction of sp³-hybridized carbons (Fsp3) is 0.0952. The van der Waals surface area contributed by atoms with Gasteiger partial charge in [-0.3, -0.25) is 14.9 Å². The van der Waals surface area contributed by atoms with E-state index in [2.05, 4.69) is 0 Å². The molecule has 1 unspecified atom stereocenters. The number of halogens is 3. The van der Waals surface area contributed by atoms with Gasteiger partial charge >= 0.3 is 6.18 Å². The number of thioether (sulfide) groups is 1. The molecule has 1 aliphatic heterocycles. The standard InChI is InChI=1S/C21H14F3N3O3S/c22-21(23,24)16-7-2-1-6-15(16)12-4-3-5-13(10-12)26-17-9-8-14(27(29)30)11-18(17)31-20(26)19(25)28/h1-11,20H,(H2,25,28). The number of non-ortho nitro benzene ring substituents is 1. The topological polar surface area (TPSA) is 89.5 Å². The van der Waals surface area contributed by atoms with Gasteiger partial charge in [-0.25, -0.2) is 0 Å². The van der Waals surface area contributed by atoms with E-state index in [4.69, 9.17) is 5.73 Å². The van der Waals surface area contributed by atoms with Crippen molar-refractivity contribution in [3.8, 4) is 11.1 Å². The molecular formula is C21H14F3N3O3S. The lowest BCUT2D eigenvalue weighted by Crippen LogP contribution is -2.36. The first kappa shape index (κ1) is 20.7. The first-order valence-electron chi connectivity index (χ1n) is 8.97. The van der Waals surface area contributed by atoms with Crippen molar-refractivity contribution in [1.29, 1.82) is 0 Å². The molecule has 3 aromatic rings. The highest BCUT2D eigenvalue weighted by Gasteiger charge is 2.37. The maximum Gasteiger partial charge on any atom is 0.417 e. The Hall–Kier alpha value is -3.53. The molecule has 0 fully saturated rings. The zero-order valence-electron chi connectivity index (χ0n) is 15.7. The molecule has 0 aliphatic carbocycles. The van der Waals surface area contributed by atoms with Gasteiger partial charge in [-0.2, -0.15) is 13.2 Å². The van der Waals surface area contributed by atoms with Crippen molar-refractivity contribution in [2.75, 3.05) is 4.90 Å². The van der Waals surface area contributed by atoms with Crippen molar-refractivity contribution in [2.24, 2.45) is 5.73 Å². The van der Waals surface area contributed by atoms with E-state index in [1.165, 1.54) is 42.5 Å². The third-order valence-corrected chi connectivity index (χ3v) is 6.05. The molecule has 1 atom stereocenters. The van der Waals surface area contributed by atoms with E-state index in [1.54, 1.807) is 23.1 Å². The highest BCUT2D eigenvalue weighted by atomic mass is 32.2. The van der Waals surface area contributed by atoms with Gasteiger partial charge in [0.1, 0.15) is 0 Å². The van der Waals surface area contributed by atoms with Gasteiger partial charge in [-0.05, 0) is 35.4 Å². The lowest BCUT2D eigenvalue weighted by Gasteiger charge is -2.25. The van der Waals surface area contributed by atoms with E-state index in [0.717, 1.165) is 17.8 Å². The van der Waals surface area contributed by atoms with Gasteiger partial charge in [0.05, 0.1) is 16.2 Å². The minimum Gasteiger partial charge on any atom is -0.367 e. The van der Waals surface area contributed by atoms with Crippen LogP contribution in [0.4, 0.5) is 30.2 Å². The molecule has 0 radical (unpaired) electrons. The Kier molecular flexibility index (Phi) is 5.10. The van der Waals surface area contributed by atoms with Gasteiger partial charge < -0.3 is 10.6 Å². The number of nitro benzene ring substituents is 1. The molecule has 0 aromatic heterocycles. The van der Waals surface area contributed by atoms with E-state index in [9.17, 15) is 28.1 Å². The van der Waals surface area contributed by atoms with Gasteiger partial charge in [0, 0.05) is 22.7 Å². The molecule has 10 heteroatoms. The van der Waals surface area contributed by atoms with E-state index in [-0.39, 0.29) is 11.3 Å². The van der Waals surface area contributed by atoms with Crippen LogP contribution in [0.2, 0.25) is 0 Å². The lowest BCUT2D eigenvalue weighted by atomic mass is 9.98. The molecule has 1 amide bonds. The van der Waals surface area contributed by atoms with Gasteiger partial charge in [0.15, 0.2) is 5.37 Å². The molecule has 1 aliphatic rings. The Balaban J connectivity index is 1.83. The van der Waals surface area contributed by atoms with Gasteiger partial charge in [0.2, 0.25) is 0 Å². The average Bonchev–Trinajstić information content (AvgIpc) is 3.12. The number of nitro groups is 1. The van der Waals surface area contributed by atoms with Gasteiger partial charge in [-0.1, -0.05) is 42.1 Å². The molecule has 4 rings (SSSR count). The second kappa shape index (κ2) is 7.62. The molecule has 2 N–H and O–H groups in total. The van der Waals surface area contributed by atoms with Crippen LogP contribution >= 0.6 is 11.8 Å². The minimum absolute atomic E-state index is 0.00301. The Morgan fingerprint density at radius 1 is 1.06 bits per heavy atom. The Bertz CT molecular complexity index is 1200. The maximum atomic E-state index is 13.5. The Morgan fingerprint density at radius 3 is 2.48 bits per heavy atom. The SMILES string of the molecule is NC(=O)C1Sc2cc([N+](=O)[O-])ccc2N1c1cccc(-c2ccccc2C(F)(F)F)c1. The number of rotatable bonds is 4. The van der Waals surface area contributed by atoms with Crippen molar-refractivity contribution < 1.29 is 22.9 Å². The molecule has 1 heterocycles. The molecule has 0 saturated carbocycles. The summed E-state index contributed by atoms with van der Waals surface area (Å²) in [6.45, 7) is 0. The summed E-state index contributed by atoms with van der Waals surface area (Å²) in [7, 11) is 0. The fourth-order valence-corrected chi connectivity index (χ4v) is 4.65. The maximum absolute atomic E-state index is 13.5. The second-order valence-corrected chi connectivity index (χ2v) is 7.87. The van der Waals surface area contributed by atoms with Crippen molar-refractivity contribution in [3.05, 3.63) is 82.4 Å². The van der Waals surface area contributed by atoms with Crippen LogP contribution in [0.5, 0.6) is 0 Å². The van der Waals surface area contributed by atoms with E-state index >= 15 is 0 Å². The summed E-state index contributed by atoms with van der Waals surface area (Å²) >= 11 is 1.05. The number of anilines is 2. The number of hydrogen-bond donors (Lipinski definition) is 1. The number of carbonyl (C=O) groups excluding carboxylic acids is 1. The normalized spacial score (nSPS) is 15.6. The average molecular weight is 445 g/mol. The van der Waals surface area contributed by atoms with Crippen LogP contribution in [0.3, 0.4) is 0 Å². The number of benzene rings is 3.